The van der Waals surface area contributed by atoms with Crippen molar-refractivity contribution in [3.05, 3.63) is 52.8 Å². The van der Waals surface area contributed by atoms with Gasteiger partial charge in [0.1, 0.15) is 0 Å². The molecule has 2 rings (SSSR count). The predicted octanol–water partition coefficient (Wildman–Crippen LogP) is 2.74. The van der Waals surface area contributed by atoms with Crippen molar-refractivity contribution in [3.8, 4) is 5.69 Å². The van der Waals surface area contributed by atoms with Gasteiger partial charge in [-0.25, -0.2) is 9.59 Å². The first-order chi connectivity index (χ1) is 9.45. The Morgan fingerprint density at radius 1 is 1.15 bits per heavy atom. The van der Waals surface area contributed by atoms with Gasteiger partial charge in [0.25, 0.3) is 0 Å². The molecule has 0 spiro atoms. The highest BCUT2D eigenvalue weighted by Gasteiger charge is 2.16. The third-order valence-corrected chi connectivity index (χ3v) is 3.27. The number of carbonyl (C=O) groups is 2. The molecule has 0 unspecified atom stereocenters. The minimum atomic E-state index is -1.00. The number of hydrogen-bond acceptors (Lipinski definition) is 2. The summed E-state index contributed by atoms with van der Waals surface area (Å²) in [5.74, 6) is -1.98. The van der Waals surface area contributed by atoms with Gasteiger partial charge in [0.05, 0.1) is 11.1 Å². The topological polar surface area (TPSA) is 79.5 Å². The van der Waals surface area contributed by atoms with Crippen LogP contribution in [0.4, 0.5) is 0 Å². The van der Waals surface area contributed by atoms with Crippen LogP contribution in [-0.4, -0.2) is 26.7 Å². The van der Waals surface area contributed by atoms with E-state index in [1.807, 2.05) is 13.8 Å². The first kappa shape index (κ1) is 13.9. The van der Waals surface area contributed by atoms with Crippen LogP contribution in [0.5, 0.6) is 0 Å². The summed E-state index contributed by atoms with van der Waals surface area (Å²) >= 11 is 0. The van der Waals surface area contributed by atoms with Gasteiger partial charge in [-0.2, -0.15) is 0 Å². The Morgan fingerprint density at radius 2 is 1.85 bits per heavy atom. The Hall–Kier alpha value is -2.56. The Balaban J connectivity index is 2.65. The molecule has 104 valence electrons. The Bertz CT molecular complexity index is 685. The second-order valence-corrected chi connectivity index (χ2v) is 4.51. The van der Waals surface area contributed by atoms with Gasteiger partial charge < -0.3 is 14.8 Å². The van der Waals surface area contributed by atoms with Crippen LogP contribution < -0.4 is 0 Å². The molecule has 2 N–H and O–H groups in total. The second kappa shape index (κ2) is 5.21. The van der Waals surface area contributed by atoms with Crippen LogP contribution in [0.1, 0.15) is 38.9 Å². The maximum atomic E-state index is 11.2. The van der Waals surface area contributed by atoms with E-state index in [-0.39, 0.29) is 11.1 Å². The van der Waals surface area contributed by atoms with E-state index in [4.69, 9.17) is 10.2 Å². The highest BCUT2D eigenvalue weighted by atomic mass is 16.4. The number of aromatic carboxylic acids is 2. The van der Waals surface area contributed by atoms with E-state index in [1.165, 1.54) is 12.1 Å². The van der Waals surface area contributed by atoms with Gasteiger partial charge in [0, 0.05) is 17.6 Å². The van der Waals surface area contributed by atoms with E-state index in [9.17, 15) is 9.59 Å². The second-order valence-electron chi connectivity index (χ2n) is 4.51. The van der Waals surface area contributed by atoms with Gasteiger partial charge in [-0.05, 0) is 37.1 Å². The van der Waals surface area contributed by atoms with Crippen LogP contribution in [0.3, 0.4) is 0 Å². The molecule has 5 heteroatoms. The number of benzene rings is 1. The Labute approximate surface area is 116 Å². The Morgan fingerprint density at radius 3 is 2.40 bits per heavy atom. The van der Waals surface area contributed by atoms with Crippen molar-refractivity contribution in [2.45, 2.75) is 20.3 Å². The van der Waals surface area contributed by atoms with Crippen molar-refractivity contribution in [3.63, 3.8) is 0 Å². The molecule has 1 heterocycles. The molecule has 0 amide bonds. The summed E-state index contributed by atoms with van der Waals surface area (Å²) in [6.07, 6.45) is 2.21. The van der Waals surface area contributed by atoms with Gasteiger partial charge in [-0.15, -0.1) is 0 Å². The molecular formula is C15H15NO4. The number of carboxylic acid groups (broad SMARTS) is 2. The van der Waals surface area contributed by atoms with E-state index in [0.29, 0.717) is 17.8 Å². The predicted molar refractivity (Wildman–Crippen MR) is 73.8 cm³/mol. The zero-order valence-electron chi connectivity index (χ0n) is 11.3. The van der Waals surface area contributed by atoms with Gasteiger partial charge >= 0.3 is 11.9 Å². The first-order valence-corrected chi connectivity index (χ1v) is 6.23. The normalized spacial score (nSPS) is 10.5. The van der Waals surface area contributed by atoms with Crippen molar-refractivity contribution in [2.24, 2.45) is 0 Å². The maximum absolute atomic E-state index is 11.2. The standard InChI is InChI=1S/C15H15NO4/c1-3-12-11(15(19)20)6-7-16(12)13-8-10(14(17)18)5-4-9(13)2/h4-8H,3H2,1-2H3,(H,17,18)(H,19,20). The molecular weight excluding hydrogens is 258 g/mol. The molecule has 0 radical (unpaired) electrons. The number of aromatic nitrogens is 1. The molecule has 0 saturated carbocycles. The van der Waals surface area contributed by atoms with Gasteiger partial charge in [0.15, 0.2) is 0 Å². The maximum Gasteiger partial charge on any atom is 0.337 e. The fraction of sp³-hybridized carbons (Fsp3) is 0.200. The number of rotatable bonds is 4. The molecule has 1 aromatic heterocycles. The fourth-order valence-corrected chi connectivity index (χ4v) is 2.25. The quantitative estimate of drug-likeness (QED) is 0.897. The van der Waals surface area contributed by atoms with E-state index in [1.54, 1.807) is 22.9 Å². The fourth-order valence-electron chi connectivity index (χ4n) is 2.25. The summed E-state index contributed by atoms with van der Waals surface area (Å²) in [5.41, 5.74) is 2.65. The third-order valence-electron chi connectivity index (χ3n) is 3.27. The number of aryl methyl sites for hydroxylation is 1. The van der Waals surface area contributed by atoms with E-state index < -0.39 is 11.9 Å². The smallest absolute Gasteiger partial charge is 0.337 e. The zero-order valence-corrected chi connectivity index (χ0v) is 11.3. The molecule has 0 atom stereocenters. The highest BCUT2D eigenvalue weighted by Crippen LogP contribution is 2.22. The van der Waals surface area contributed by atoms with E-state index in [2.05, 4.69) is 0 Å². The lowest BCUT2D eigenvalue weighted by molar-refractivity contribution is 0.0685. The average Bonchev–Trinajstić information content (AvgIpc) is 2.82. The van der Waals surface area contributed by atoms with Crippen LogP contribution in [0.2, 0.25) is 0 Å². The lowest BCUT2D eigenvalue weighted by Gasteiger charge is -2.12. The molecule has 0 bridgehead atoms. The number of nitrogens with zero attached hydrogens (tertiary/aromatic N) is 1. The molecule has 5 nitrogen and oxygen atoms in total. The molecule has 0 saturated heterocycles. The Kier molecular flexibility index (Phi) is 3.61. The van der Waals surface area contributed by atoms with E-state index in [0.717, 1.165) is 5.56 Å². The third kappa shape index (κ3) is 2.30. The van der Waals surface area contributed by atoms with Crippen LogP contribution in [0.15, 0.2) is 30.5 Å². The zero-order chi connectivity index (χ0) is 14.9. The molecule has 0 aliphatic heterocycles. The summed E-state index contributed by atoms with van der Waals surface area (Å²) < 4.78 is 1.74. The summed E-state index contributed by atoms with van der Waals surface area (Å²) in [7, 11) is 0. The lowest BCUT2D eigenvalue weighted by Crippen LogP contribution is -2.07. The SMILES string of the molecule is CCc1c(C(=O)O)ccn1-c1cc(C(=O)O)ccc1C. The molecule has 0 fully saturated rings. The van der Waals surface area contributed by atoms with Crippen LogP contribution in [0, 0.1) is 6.92 Å². The average molecular weight is 273 g/mol. The molecule has 0 aliphatic rings. The summed E-state index contributed by atoms with van der Waals surface area (Å²) in [6.45, 7) is 3.73. The van der Waals surface area contributed by atoms with Crippen LogP contribution in [-0.2, 0) is 6.42 Å². The van der Waals surface area contributed by atoms with Gasteiger partial charge in [0.2, 0.25) is 0 Å². The van der Waals surface area contributed by atoms with Crippen molar-refractivity contribution >= 4 is 11.9 Å². The molecule has 1 aromatic carbocycles. The van der Waals surface area contributed by atoms with E-state index >= 15 is 0 Å². The van der Waals surface area contributed by atoms with Crippen molar-refractivity contribution in [1.82, 2.24) is 4.57 Å². The molecule has 20 heavy (non-hydrogen) atoms. The number of carboxylic acids is 2. The van der Waals surface area contributed by atoms with Crippen LogP contribution >= 0.6 is 0 Å². The molecule has 2 aromatic rings. The van der Waals surface area contributed by atoms with Crippen molar-refractivity contribution < 1.29 is 19.8 Å². The summed E-state index contributed by atoms with van der Waals surface area (Å²) in [4.78, 5) is 22.2. The summed E-state index contributed by atoms with van der Waals surface area (Å²) in [5, 5.41) is 18.2. The lowest BCUT2D eigenvalue weighted by atomic mass is 10.1. The van der Waals surface area contributed by atoms with Crippen molar-refractivity contribution in [2.75, 3.05) is 0 Å². The monoisotopic (exact) mass is 273 g/mol. The first-order valence-electron chi connectivity index (χ1n) is 6.23. The van der Waals surface area contributed by atoms with Crippen LogP contribution in [0.25, 0.3) is 5.69 Å². The minimum Gasteiger partial charge on any atom is -0.478 e. The highest BCUT2D eigenvalue weighted by molar-refractivity contribution is 5.90. The van der Waals surface area contributed by atoms with Gasteiger partial charge in [-0.1, -0.05) is 13.0 Å². The summed E-state index contributed by atoms with van der Waals surface area (Å²) in [6, 6.07) is 6.35. The number of hydrogen-bond donors (Lipinski definition) is 2. The van der Waals surface area contributed by atoms with Crippen molar-refractivity contribution in [1.29, 1.82) is 0 Å². The largest absolute Gasteiger partial charge is 0.478 e. The van der Waals surface area contributed by atoms with Gasteiger partial charge in [-0.3, -0.25) is 0 Å². The molecule has 0 aliphatic carbocycles. The minimum absolute atomic E-state index is 0.179.